The van der Waals surface area contributed by atoms with Crippen LogP contribution >= 0.6 is 12.2 Å². The number of rotatable bonds is 6. The van der Waals surface area contributed by atoms with Crippen LogP contribution in [-0.2, 0) is 4.79 Å². The molecule has 0 bridgehead atoms. The van der Waals surface area contributed by atoms with E-state index in [2.05, 4.69) is 15.0 Å². The fraction of sp³-hybridized carbons (Fsp3) is 0.150. The summed E-state index contributed by atoms with van der Waals surface area (Å²) in [4.78, 5) is 29.0. The summed E-state index contributed by atoms with van der Waals surface area (Å²) in [6, 6.07) is 9.92. The quantitative estimate of drug-likeness (QED) is 0.418. The van der Waals surface area contributed by atoms with E-state index in [4.69, 9.17) is 12.2 Å². The maximum absolute atomic E-state index is 13.2. The Bertz CT molecular complexity index is 1170. The number of imidazole rings is 1. The van der Waals surface area contributed by atoms with Gasteiger partial charge in [-0.3, -0.25) is 14.2 Å². The lowest BCUT2D eigenvalue weighted by Gasteiger charge is -2.18. The van der Waals surface area contributed by atoms with Gasteiger partial charge in [0, 0.05) is 24.6 Å². The second-order valence-corrected chi connectivity index (χ2v) is 6.96. The average molecular weight is 468 g/mol. The number of ether oxygens (including phenoxy) is 1. The van der Waals surface area contributed by atoms with Gasteiger partial charge in [-0.1, -0.05) is 0 Å². The van der Waals surface area contributed by atoms with E-state index in [-0.39, 0.29) is 22.7 Å². The first kappa shape index (κ1) is 23.0. The molecule has 0 saturated heterocycles. The van der Waals surface area contributed by atoms with Gasteiger partial charge < -0.3 is 19.9 Å². The summed E-state index contributed by atoms with van der Waals surface area (Å²) in [5.74, 6) is -1.99. The van der Waals surface area contributed by atoms with Gasteiger partial charge in [0.25, 0.3) is 5.91 Å². The molecule has 3 aromatic rings. The molecule has 1 aromatic heterocycles. The molecule has 1 heterocycles. The predicted molar refractivity (Wildman–Crippen MR) is 110 cm³/mol. The van der Waals surface area contributed by atoms with Gasteiger partial charge in [-0.2, -0.15) is 0 Å². The lowest BCUT2D eigenvalue weighted by Crippen LogP contribution is -2.35. The Morgan fingerprint density at radius 2 is 1.75 bits per heavy atom. The highest BCUT2D eigenvalue weighted by Crippen LogP contribution is 2.24. The van der Waals surface area contributed by atoms with Gasteiger partial charge in [0.1, 0.15) is 17.3 Å². The van der Waals surface area contributed by atoms with E-state index in [1.165, 1.54) is 54.2 Å². The monoisotopic (exact) mass is 468 g/mol. The molecule has 168 valence electrons. The number of aromatic amines is 1. The number of aromatic nitrogens is 2. The van der Waals surface area contributed by atoms with Crippen LogP contribution in [-0.4, -0.2) is 46.2 Å². The zero-order chi connectivity index (χ0) is 23.5. The van der Waals surface area contributed by atoms with Crippen LogP contribution in [0.2, 0.25) is 0 Å². The largest absolute Gasteiger partial charge is 0.573 e. The van der Waals surface area contributed by atoms with Gasteiger partial charge in [0.2, 0.25) is 5.91 Å². The second-order valence-electron chi connectivity index (χ2n) is 6.57. The lowest BCUT2D eigenvalue weighted by atomic mass is 10.3. The molecule has 32 heavy (non-hydrogen) atoms. The van der Waals surface area contributed by atoms with Crippen molar-refractivity contribution in [2.75, 3.05) is 18.9 Å². The zero-order valence-corrected chi connectivity index (χ0v) is 17.3. The van der Waals surface area contributed by atoms with Gasteiger partial charge in [0.15, 0.2) is 4.77 Å². The molecule has 0 unspecified atom stereocenters. The molecule has 2 N–H and O–H groups in total. The Morgan fingerprint density at radius 1 is 1.12 bits per heavy atom. The molecular weight excluding hydrogens is 452 g/mol. The molecule has 0 spiro atoms. The molecule has 0 atom stereocenters. The van der Waals surface area contributed by atoms with Crippen LogP contribution in [0.4, 0.5) is 23.2 Å². The number of carbonyl (C=O) groups is 2. The fourth-order valence-electron chi connectivity index (χ4n) is 2.80. The van der Waals surface area contributed by atoms with Crippen LogP contribution in [0.5, 0.6) is 5.75 Å². The maximum atomic E-state index is 13.2. The van der Waals surface area contributed by atoms with Gasteiger partial charge in [-0.15, -0.1) is 13.2 Å². The predicted octanol–water partition coefficient (Wildman–Crippen LogP) is 4.28. The number of anilines is 1. The number of likely N-dealkylation sites (N-methyl/N-ethyl adjacent to an activating group) is 1. The number of halogens is 4. The Kier molecular flexibility index (Phi) is 6.63. The fourth-order valence-corrected chi connectivity index (χ4v) is 3.06. The summed E-state index contributed by atoms with van der Waals surface area (Å²) in [5.41, 5.74) is 0.812. The van der Waals surface area contributed by atoms with Crippen LogP contribution in [0.1, 0.15) is 10.5 Å². The molecule has 0 aliphatic heterocycles. The summed E-state index contributed by atoms with van der Waals surface area (Å²) in [7, 11) is 1.40. The molecule has 12 heteroatoms. The first-order chi connectivity index (χ1) is 15.0. The van der Waals surface area contributed by atoms with Crippen molar-refractivity contribution >= 4 is 29.7 Å². The summed E-state index contributed by atoms with van der Waals surface area (Å²) < 4.78 is 55.2. The minimum atomic E-state index is -4.82. The maximum Gasteiger partial charge on any atom is 0.573 e. The number of nitrogens with one attached hydrogen (secondary N) is 2. The number of hydrogen-bond acceptors (Lipinski definition) is 4. The van der Waals surface area contributed by atoms with Crippen LogP contribution in [0.3, 0.4) is 0 Å². The third-order valence-corrected chi connectivity index (χ3v) is 4.48. The molecule has 0 aliphatic rings. The van der Waals surface area contributed by atoms with Gasteiger partial charge in [-0.25, -0.2) is 4.39 Å². The minimum absolute atomic E-state index is 0.130. The Balaban J connectivity index is 1.67. The standard InChI is InChI=1S/C20H16F4N4O3S/c1-27(11-17(29)26-13-4-8-15(9-5-13)31-20(22,23)24)18(30)16-10-25-19(32)28(16)14-6-2-12(21)3-7-14/h2-10H,11H2,1H3,(H,25,32)(H,26,29). The molecule has 2 aromatic carbocycles. The van der Waals surface area contributed by atoms with Crippen molar-refractivity contribution in [3.8, 4) is 11.4 Å². The van der Waals surface area contributed by atoms with E-state index in [1.807, 2.05) is 0 Å². The summed E-state index contributed by atoms with van der Waals surface area (Å²) in [6.45, 7) is -0.346. The van der Waals surface area contributed by atoms with Crippen LogP contribution in [0, 0.1) is 10.6 Å². The van der Waals surface area contributed by atoms with Crippen molar-refractivity contribution in [1.82, 2.24) is 14.5 Å². The Hall–Kier alpha value is -3.67. The molecule has 3 rings (SSSR count). The van der Waals surface area contributed by atoms with Gasteiger partial charge >= 0.3 is 6.36 Å². The number of amides is 2. The molecule has 0 aliphatic carbocycles. The van der Waals surface area contributed by atoms with E-state index >= 15 is 0 Å². The SMILES string of the molecule is CN(CC(=O)Nc1ccc(OC(F)(F)F)cc1)C(=O)c1c[nH]c(=S)n1-c1ccc(F)cc1. The lowest BCUT2D eigenvalue weighted by molar-refractivity contribution is -0.274. The number of hydrogen-bond donors (Lipinski definition) is 2. The van der Waals surface area contributed by atoms with Gasteiger partial charge in [0.05, 0.1) is 6.54 Å². The topological polar surface area (TPSA) is 79.4 Å². The van der Waals surface area contributed by atoms with Crippen molar-refractivity contribution in [3.63, 3.8) is 0 Å². The normalized spacial score (nSPS) is 11.2. The van der Waals surface area contributed by atoms with Crippen molar-refractivity contribution in [3.05, 3.63) is 71.0 Å². The van der Waals surface area contributed by atoms with Crippen molar-refractivity contribution in [1.29, 1.82) is 0 Å². The van der Waals surface area contributed by atoms with E-state index < -0.39 is 29.7 Å². The first-order valence-electron chi connectivity index (χ1n) is 9.01. The Labute approximate surface area is 184 Å². The van der Waals surface area contributed by atoms with Gasteiger partial charge in [-0.05, 0) is 60.7 Å². The third-order valence-electron chi connectivity index (χ3n) is 4.18. The highest BCUT2D eigenvalue weighted by Gasteiger charge is 2.31. The molecule has 7 nitrogen and oxygen atoms in total. The third kappa shape index (κ3) is 5.72. The number of alkyl halides is 3. The molecule has 0 saturated carbocycles. The smallest absolute Gasteiger partial charge is 0.406 e. The van der Waals surface area contributed by atoms with E-state index in [0.717, 1.165) is 17.0 Å². The number of H-pyrrole nitrogens is 1. The zero-order valence-electron chi connectivity index (χ0n) is 16.4. The number of nitrogens with zero attached hydrogens (tertiary/aromatic N) is 2. The molecule has 0 fully saturated rings. The van der Waals surface area contributed by atoms with E-state index in [9.17, 15) is 27.2 Å². The van der Waals surface area contributed by atoms with Crippen molar-refractivity contribution < 1.29 is 31.9 Å². The van der Waals surface area contributed by atoms with Crippen LogP contribution in [0.15, 0.2) is 54.7 Å². The Morgan fingerprint density at radius 3 is 2.34 bits per heavy atom. The first-order valence-corrected chi connectivity index (χ1v) is 9.42. The van der Waals surface area contributed by atoms with E-state index in [0.29, 0.717) is 5.69 Å². The summed E-state index contributed by atoms with van der Waals surface area (Å²) >= 11 is 5.19. The summed E-state index contributed by atoms with van der Waals surface area (Å²) in [5, 5.41) is 2.48. The average Bonchev–Trinajstić information content (AvgIpc) is 3.09. The van der Waals surface area contributed by atoms with Crippen LogP contribution in [0.25, 0.3) is 5.69 Å². The number of benzene rings is 2. The van der Waals surface area contributed by atoms with Crippen molar-refractivity contribution in [2.45, 2.75) is 6.36 Å². The number of carbonyl (C=O) groups excluding carboxylic acids is 2. The molecular formula is C20H16F4N4O3S. The second kappa shape index (κ2) is 9.22. The van der Waals surface area contributed by atoms with Crippen LogP contribution < -0.4 is 10.1 Å². The van der Waals surface area contributed by atoms with Crippen molar-refractivity contribution in [2.24, 2.45) is 0 Å². The highest BCUT2D eigenvalue weighted by molar-refractivity contribution is 7.71. The highest BCUT2D eigenvalue weighted by atomic mass is 32.1. The molecule has 0 radical (unpaired) electrons. The van der Waals surface area contributed by atoms with E-state index in [1.54, 1.807) is 0 Å². The molecule has 2 amide bonds. The minimum Gasteiger partial charge on any atom is -0.406 e. The summed E-state index contributed by atoms with van der Waals surface area (Å²) in [6.07, 6.45) is -3.44.